The Kier molecular flexibility index (Phi) is 9.07. The van der Waals surface area contributed by atoms with Crippen LogP contribution in [0.5, 0.6) is 0 Å². The Balaban J connectivity index is 1.36. The lowest BCUT2D eigenvalue weighted by atomic mass is 9.86. The number of morpholine rings is 1. The molecule has 228 valence electrons. The molecule has 1 aromatic carbocycles. The van der Waals surface area contributed by atoms with E-state index in [-0.39, 0.29) is 24.5 Å². The fraction of sp³-hybridized carbons (Fsp3) is 0.586. The third-order valence-electron chi connectivity index (χ3n) is 7.56. The Hall–Kier alpha value is -3.58. The number of aromatic nitrogens is 4. The van der Waals surface area contributed by atoms with Crippen molar-refractivity contribution in [3.05, 3.63) is 36.2 Å². The molecule has 2 aromatic heterocycles. The lowest BCUT2D eigenvalue weighted by Crippen LogP contribution is -2.48. The van der Waals surface area contributed by atoms with Crippen molar-refractivity contribution in [2.24, 2.45) is 5.92 Å². The van der Waals surface area contributed by atoms with Gasteiger partial charge in [0.1, 0.15) is 17.2 Å². The van der Waals surface area contributed by atoms with E-state index in [1.165, 1.54) is 4.57 Å². The van der Waals surface area contributed by atoms with Crippen molar-refractivity contribution in [2.45, 2.75) is 70.6 Å². The molecule has 3 aromatic rings. The van der Waals surface area contributed by atoms with Gasteiger partial charge in [0.25, 0.3) is 6.43 Å². The highest BCUT2D eigenvalue weighted by molar-refractivity contribution is 5.78. The van der Waals surface area contributed by atoms with Gasteiger partial charge in [-0.1, -0.05) is 12.1 Å². The number of anilines is 2. The molecule has 0 unspecified atom stereocenters. The molecule has 1 aliphatic heterocycles. The number of carbonyl (C=O) groups is 1. The van der Waals surface area contributed by atoms with E-state index in [4.69, 9.17) is 14.5 Å². The number of nitrogens with one attached hydrogen (secondary N) is 2. The first-order chi connectivity index (χ1) is 20.1. The first-order valence-electron chi connectivity index (χ1n) is 14.4. The van der Waals surface area contributed by atoms with Gasteiger partial charge in [-0.05, 0) is 64.5 Å². The van der Waals surface area contributed by atoms with Crippen molar-refractivity contribution in [3.8, 4) is 5.82 Å². The molecule has 3 heterocycles. The molecule has 0 radical (unpaired) electrons. The summed E-state index contributed by atoms with van der Waals surface area (Å²) in [7, 11) is 0. The molecule has 1 saturated heterocycles. The zero-order chi connectivity index (χ0) is 29.9. The van der Waals surface area contributed by atoms with E-state index in [0.29, 0.717) is 55.0 Å². The summed E-state index contributed by atoms with van der Waals surface area (Å²) in [6, 6.07) is 8.35. The molecular weight excluding hydrogens is 548 g/mol. The van der Waals surface area contributed by atoms with Crippen LogP contribution in [0.2, 0.25) is 0 Å². The van der Waals surface area contributed by atoms with E-state index in [0.717, 1.165) is 25.7 Å². The SMILES string of the molecule is CC(C)(C)OC(=O)NC1CCC(CNc2nc(N3CCOC[C@H]3CO)cc(-n3c(C(F)F)nc4ccccc43)n2)CC1. The van der Waals surface area contributed by atoms with Crippen LogP contribution in [0.15, 0.2) is 30.3 Å². The molecular formula is C29H39F2N7O4. The number of hydrogen-bond acceptors (Lipinski definition) is 9. The number of benzene rings is 1. The number of hydrogen-bond donors (Lipinski definition) is 3. The first kappa shape index (κ1) is 29.9. The summed E-state index contributed by atoms with van der Waals surface area (Å²) in [5.41, 5.74) is 0.412. The molecule has 0 spiro atoms. The summed E-state index contributed by atoms with van der Waals surface area (Å²) in [5.74, 6) is 0.991. The largest absolute Gasteiger partial charge is 0.444 e. The van der Waals surface area contributed by atoms with Crippen molar-refractivity contribution in [1.82, 2.24) is 24.8 Å². The highest BCUT2D eigenvalue weighted by Gasteiger charge is 2.28. The van der Waals surface area contributed by atoms with Crippen LogP contribution in [-0.2, 0) is 9.47 Å². The summed E-state index contributed by atoms with van der Waals surface area (Å²) in [5, 5.41) is 16.3. The fourth-order valence-corrected chi connectivity index (χ4v) is 5.52. The van der Waals surface area contributed by atoms with Crippen LogP contribution >= 0.6 is 0 Å². The third kappa shape index (κ3) is 7.06. The number of imidazole rings is 1. The summed E-state index contributed by atoms with van der Waals surface area (Å²) in [6.45, 7) is 7.23. The van der Waals surface area contributed by atoms with Gasteiger partial charge < -0.3 is 30.1 Å². The highest BCUT2D eigenvalue weighted by atomic mass is 19.3. The van der Waals surface area contributed by atoms with E-state index in [1.807, 2.05) is 25.7 Å². The van der Waals surface area contributed by atoms with E-state index in [9.17, 15) is 18.7 Å². The van der Waals surface area contributed by atoms with Crippen LogP contribution in [0.4, 0.5) is 25.3 Å². The van der Waals surface area contributed by atoms with Gasteiger partial charge in [0.05, 0.1) is 36.9 Å². The molecule has 1 saturated carbocycles. The van der Waals surface area contributed by atoms with E-state index >= 15 is 0 Å². The molecule has 11 nitrogen and oxygen atoms in total. The second-order valence-electron chi connectivity index (χ2n) is 11.9. The van der Waals surface area contributed by atoms with Crippen molar-refractivity contribution in [2.75, 3.05) is 43.1 Å². The van der Waals surface area contributed by atoms with Crippen molar-refractivity contribution < 1.29 is 28.2 Å². The Morgan fingerprint density at radius 1 is 1.14 bits per heavy atom. The standard InChI is InChI=1S/C29H39F2N7O4/c1-29(2,3)42-28(40)33-19-10-8-18(9-11-19)15-32-27-35-23(37-12-13-41-17-20(37)16-39)14-24(36-27)38-22-7-5-4-6-21(22)34-26(38)25(30)31/h4-7,14,18-20,25,39H,8-13,15-17H2,1-3H3,(H,33,40)(H,32,35,36)/t18?,19?,20-/m1/s1. The minimum absolute atomic E-state index is 0.0568. The van der Waals surface area contributed by atoms with Crippen LogP contribution in [0.25, 0.3) is 16.9 Å². The van der Waals surface area contributed by atoms with Crippen LogP contribution in [-0.4, -0.2) is 81.3 Å². The average Bonchev–Trinajstić information content (AvgIpc) is 3.36. The average molecular weight is 588 g/mol. The van der Waals surface area contributed by atoms with Gasteiger partial charge >= 0.3 is 6.09 Å². The van der Waals surface area contributed by atoms with Gasteiger partial charge in [0.2, 0.25) is 5.95 Å². The van der Waals surface area contributed by atoms with Crippen LogP contribution in [0.1, 0.15) is 58.7 Å². The molecule has 13 heteroatoms. The number of halogens is 2. The number of aliphatic hydroxyl groups excluding tert-OH is 1. The van der Waals surface area contributed by atoms with Crippen LogP contribution in [0.3, 0.4) is 0 Å². The Morgan fingerprint density at radius 3 is 2.60 bits per heavy atom. The van der Waals surface area contributed by atoms with Crippen molar-refractivity contribution >= 4 is 28.9 Å². The monoisotopic (exact) mass is 587 g/mol. The number of aliphatic hydroxyl groups is 1. The maximum absolute atomic E-state index is 14.2. The molecule has 5 rings (SSSR count). The maximum Gasteiger partial charge on any atom is 0.407 e. The molecule has 42 heavy (non-hydrogen) atoms. The number of amides is 1. The Bertz CT molecular complexity index is 1370. The van der Waals surface area contributed by atoms with E-state index < -0.39 is 23.9 Å². The summed E-state index contributed by atoms with van der Waals surface area (Å²) >= 11 is 0. The summed E-state index contributed by atoms with van der Waals surface area (Å²) in [6.07, 6.45) is 0.201. The van der Waals surface area contributed by atoms with Gasteiger partial charge in [0.15, 0.2) is 5.82 Å². The number of ether oxygens (including phenoxy) is 2. The number of alkyl carbamates (subject to hydrolysis) is 1. The second-order valence-corrected chi connectivity index (χ2v) is 11.9. The van der Waals surface area contributed by atoms with Crippen LogP contribution < -0.4 is 15.5 Å². The lowest BCUT2D eigenvalue weighted by molar-refractivity contribution is 0.0488. The van der Waals surface area contributed by atoms with Crippen molar-refractivity contribution in [3.63, 3.8) is 0 Å². The van der Waals surface area contributed by atoms with Gasteiger partial charge in [-0.2, -0.15) is 9.97 Å². The number of rotatable bonds is 8. The fourth-order valence-electron chi connectivity index (χ4n) is 5.52. The maximum atomic E-state index is 14.2. The number of para-hydroxylation sites is 2. The number of nitrogens with zero attached hydrogens (tertiary/aromatic N) is 5. The minimum atomic E-state index is -2.81. The quantitative estimate of drug-likeness (QED) is 0.350. The Labute approximate surface area is 243 Å². The lowest BCUT2D eigenvalue weighted by Gasteiger charge is -2.35. The molecule has 3 N–H and O–H groups in total. The number of alkyl halides is 2. The molecule has 1 aliphatic carbocycles. The van der Waals surface area contributed by atoms with Gasteiger partial charge in [-0.15, -0.1) is 0 Å². The number of carbonyl (C=O) groups excluding carboxylic acids is 1. The first-order valence-corrected chi connectivity index (χ1v) is 14.4. The van der Waals surface area contributed by atoms with E-state index in [1.54, 1.807) is 30.3 Å². The zero-order valence-electron chi connectivity index (χ0n) is 24.2. The topological polar surface area (TPSA) is 127 Å². The smallest absolute Gasteiger partial charge is 0.407 e. The van der Waals surface area contributed by atoms with E-state index in [2.05, 4.69) is 20.6 Å². The van der Waals surface area contributed by atoms with Gasteiger partial charge in [-0.3, -0.25) is 4.57 Å². The number of fused-ring (bicyclic) bond motifs is 1. The molecule has 1 atom stereocenters. The second kappa shape index (κ2) is 12.7. The molecule has 0 bridgehead atoms. The summed E-state index contributed by atoms with van der Waals surface area (Å²) < 4.78 is 40.6. The Morgan fingerprint density at radius 2 is 1.88 bits per heavy atom. The normalized spacial score (nSPS) is 21.5. The summed E-state index contributed by atoms with van der Waals surface area (Å²) in [4.78, 5) is 27.7. The van der Waals surface area contributed by atoms with Crippen LogP contribution in [0, 0.1) is 5.92 Å². The minimum Gasteiger partial charge on any atom is -0.444 e. The van der Waals surface area contributed by atoms with Crippen molar-refractivity contribution in [1.29, 1.82) is 0 Å². The predicted octanol–water partition coefficient (Wildman–Crippen LogP) is 4.45. The molecule has 2 aliphatic rings. The zero-order valence-corrected chi connectivity index (χ0v) is 24.2. The highest BCUT2D eigenvalue weighted by Crippen LogP contribution is 2.30. The predicted molar refractivity (Wildman–Crippen MR) is 154 cm³/mol. The van der Waals surface area contributed by atoms with Gasteiger partial charge in [-0.25, -0.2) is 18.6 Å². The molecule has 1 amide bonds. The third-order valence-corrected chi connectivity index (χ3v) is 7.56. The molecule has 2 fully saturated rings. The van der Waals surface area contributed by atoms with Gasteiger partial charge in [0, 0.05) is 25.2 Å².